The third-order valence-electron chi connectivity index (χ3n) is 5.55. The fraction of sp³-hybridized carbons (Fsp3) is 0.0714. The van der Waals surface area contributed by atoms with Crippen LogP contribution in [0.5, 0.6) is 28.7 Å². The number of benzene rings is 4. The van der Waals surface area contributed by atoms with Gasteiger partial charge in [0.25, 0.3) is 0 Å². The van der Waals surface area contributed by atoms with Gasteiger partial charge in [0.2, 0.25) is 11.1 Å². The number of ether oxygens (including phenoxy) is 1. The summed E-state index contributed by atoms with van der Waals surface area (Å²) in [5, 5.41) is 27.9. The predicted octanol–water partition coefficient (Wildman–Crippen LogP) is 4.10. The highest BCUT2D eigenvalue weighted by Gasteiger charge is 2.21. The zero-order chi connectivity index (χ0) is 30.8. The molecule has 0 spiro atoms. The Morgan fingerprint density at radius 2 is 1.51 bits per heavy atom. The summed E-state index contributed by atoms with van der Waals surface area (Å²) in [6, 6.07) is 19.5. The van der Waals surface area contributed by atoms with Crippen LogP contribution in [0.25, 0.3) is 0 Å². The fourth-order valence-corrected chi connectivity index (χ4v) is 4.40. The van der Waals surface area contributed by atoms with Crippen molar-refractivity contribution in [2.75, 3.05) is 0 Å². The zero-order valence-electron chi connectivity index (χ0n) is 21.9. The van der Waals surface area contributed by atoms with Crippen LogP contribution < -0.4 is 24.6 Å². The van der Waals surface area contributed by atoms with Crippen molar-refractivity contribution < 1.29 is 62.7 Å². The molecule has 0 radical (unpaired) electrons. The van der Waals surface area contributed by atoms with Crippen LogP contribution in [0.2, 0.25) is 0 Å². The summed E-state index contributed by atoms with van der Waals surface area (Å²) in [6.45, 7) is -0.216. The van der Waals surface area contributed by atoms with Crippen LogP contribution in [-0.2, 0) is 39.1 Å². The van der Waals surface area contributed by atoms with E-state index in [1.165, 1.54) is 54.6 Å². The Hall–Kier alpha value is -5.03. The number of carboxylic acids is 1. The lowest BCUT2D eigenvalue weighted by Crippen LogP contribution is -2.15. The molecule has 15 heteroatoms. The van der Waals surface area contributed by atoms with Gasteiger partial charge < -0.3 is 28.9 Å². The number of esters is 1. The van der Waals surface area contributed by atoms with Gasteiger partial charge in [0.05, 0.1) is 16.0 Å². The summed E-state index contributed by atoms with van der Waals surface area (Å²) in [6.07, 6.45) is 0. The van der Waals surface area contributed by atoms with E-state index in [9.17, 15) is 24.0 Å². The largest absolute Gasteiger partial charge is 0.508 e. The number of aromatic hydroxyl groups is 1. The van der Waals surface area contributed by atoms with E-state index in [1.54, 1.807) is 18.2 Å². The Morgan fingerprint density at radius 3 is 2.28 bits per heavy atom. The molecule has 0 fully saturated rings. The summed E-state index contributed by atoms with van der Waals surface area (Å²) in [5.41, 5.74) is 0.374. The molecule has 4 aromatic carbocycles. The minimum Gasteiger partial charge on any atom is -0.508 e. The summed E-state index contributed by atoms with van der Waals surface area (Å²) in [5.74, 6) is 2.70. The number of rotatable bonds is 14. The minimum absolute atomic E-state index is 0.0107. The Bertz CT molecular complexity index is 1630. The molecule has 43 heavy (non-hydrogen) atoms. The van der Waals surface area contributed by atoms with E-state index in [1.807, 2.05) is 0 Å². The van der Waals surface area contributed by atoms with Crippen molar-refractivity contribution in [3.05, 3.63) is 107 Å². The number of hydrogen-bond donors (Lipinski definition) is 4. The van der Waals surface area contributed by atoms with Crippen molar-refractivity contribution in [3.63, 3.8) is 0 Å². The van der Waals surface area contributed by atoms with Gasteiger partial charge in [-0.3, -0.25) is 5.26 Å². The van der Waals surface area contributed by atoms with Gasteiger partial charge in [-0.05, 0) is 65.7 Å². The highest BCUT2D eigenvalue weighted by atomic mass is 32.2. The molecule has 0 aliphatic carbocycles. The van der Waals surface area contributed by atoms with E-state index in [0.717, 1.165) is 12.1 Å². The third-order valence-corrected chi connectivity index (χ3v) is 6.53. The standard InChI is InChI=1S/C28H23NO13S/c29-42-40-22-9-10-25(27(31)32)26(14-22)28(33)38-20-3-2-6-24(13-20)43(35)41-23-5-1-4-21(12-23)39-37-16-18-11-19(30)8-7-17(18)15-36-34/h1-14,30,34H,15-16,29H2,(H,31,32). The predicted molar refractivity (Wildman–Crippen MR) is 145 cm³/mol. The maximum Gasteiger partial charge on any atom is 0.344 e. The first-order valence-electron chi connectivity index (χ1n) is 12.1. The van der Waals surface area contributed by atoms with Crippen LogP contribution >= 0.6 is 0 Å². The van der Waals surface area contributed by atoms with Crippen LogP contribution in [0.4, 0.5) is 0 Å². The average Bonchev–Trinajstić information content (AvgIpc) is 2.99. The first-order chi connectivity index (χ1) is 20.8. The molecular formula is C28H23NO13S. The monoisotopic (exact) mass is 613 g/mol. The van der Waals surface area contributed by atoms with E-state index < -0.39 is 23.0 Å². The first kappa shape index (κ1) is 30.9. The molecule has 5 N–H and O–H groups in total. The SMILES string of the molecule is NOOc1ccc(C(=O)O)c(C(=O)Oc2cccc(S(=O)Oc3cccc(OOCc4cc(O)ccc4COO)c3)c2)c1. The number of aromatic carboxylic acids is 1. The summed E-state index contributed by atoms with van der Waals surface area (Å²) in [4.78, 5) is 47.8. The quantitative estimate of drug-likeness (QED) is 0.0685. The summed E-state index contributed by atoms with van der Waals surface area (Å²) in [7, 11) is 0. The lowest BCUT2D eigenvalue weighted by molar-refractivity contribution is -0.253. The number of carbonyl (C=O) groups is 2. The smallest absolute Gasteiger partial charge is 0.344 e. The lowest BCUT2D eigenvalue weighted by Gasteiger charge is -2.11. The van der Waals surface area contributed by atoms with Gasteiger partial charge in [-0.1, -0.05) is 23.2 Å². The highest BCUT2D eigenvalue weighted by molar-refractivity contribution is 7.80. The van der Waals surface area contributed by atoms with Crippen LogP contribution in [0, 0.1) is 0 Å². The van der Waals surface area contributed by atoms with Gasteiger partial charge >= 0.3 is 11.9 Å². The van der Waals surface area contributed by atoms with Crippen molar-refractivity contribution in [3.8, 4) is 28.7 Å². The second-order valence-electron chi connectivity index (χ2n) is 8.42. The molecule has 0 aliphatic heterocycles. The van der Waals surface area contributed by atoms with Crippen molar-refractivity contribution in [2.24, 2.45) is 5.90 Å². The van der Waals surface area contributed by atoms with Crippen molar-refractivity contribution in [2.45, 2.75) is 18.1 Å². The normalized spacial score (nSPS) is 11.4. The van der Waals surface area contributed by atoms with Gasteiger partial charge in [0.15, 0.2) is 11.5 Å². The third kappa shape index (κ3) is 8.49. The molecule has 4 aromatic rings. The molecule has 0 saturated heterocycles. The lowest BCUT2D eigenvalue weighted by atomic mass is 10.1. The Balaban J connectivity index is 1.40. The van der Waals surface area contributed by atoms with Crippen LogP contribution in [-0.4, -0.2) is 31.6 Å². The first-order valence-corrected chi connectivity index (χ1v) is 13.1. The molecule has 0 aromatic heterocycles. The van der Waals surface area contributed by atoms with Gasteiger partial charge in [0, 0.05) is 12.1 Å². The average molecular weight is 614 g/mol. The van der Waals surface area contributed by atoms with Gasteiger partial charge in [-0.2, -0.15) is 10.8 Å². The Morgan fingerprint density at radius 1 is 0.767 bits per heavy atom. The molecular weight excluding hydrogens is 590 g/mol. The van der Waals surface area contributed by atoms with Gasteiger partial charge in [-0.25, -0.2) is 18.7 Å². The molecule has 0 amide bonds. The molecule has 1 atom stereocenters. The van der Waals surface area contributed by atoms with Crippen LogP contribution in [0.15, 0.2) is 89.8 Å². The van der Waals surface area contributed by atoms with Gasteiger partial charge in [-0.15, -0.1) is 0 Å². The van der Waals surface area contributed by atoms with Crippen molar-refractivity contribution >= 4 is 23.0 Å². The Kier molecular flexibility index (Phi) is 10.6. The number of carbonyl (C=O) groups excluding carboxylic acids is 1. The minimum atomic E-state index is -2.07. The van der Waals surface area contributed by atoms with Crippen LogP contribution in [0.3, 0.4) is 0 Å². The maximum atomic E-state index is 12.9. The molecule has 0 aliphatic rings. The molecule has 0 saturated carbocycles. The summed E-state index contributed by atoms with van der Waals surface area (Å²) < 4.78 is 23.7. The highest BCUT2D eigenvalue weighted by Crippen LogP contribution is 2.26. The second-order valence-corrected chi connectivity index (χ2v) is 9.53. The number of carboxylic acid groups (broad SMARTS) is 1. The van der Waals surface area contributed by atoms with Crippen LogP contribution in [0.1, 0.15) is 31.8 Å². The van der Waals surface area contributed by atoms with E-state index in [-0.39, 0.29) is 58.0 Å². The molecule has 0 bridgehead atoms. The number of phenolic OH excluding ortho intramolecular Hbond substituents is 1. The van der Waals surface area contributed by atoms with Crippen molar-refractivity contribution in [1.82, 2.24) is 0 Å². The fourth-order valence-electron chi connectivity index (χ4n) is 3.62. The van der Waals surface area contributed by atoms with Crippen molar-refractivity contribution in [1.29, 1.82) is 0 Å². The van der Waals surface area contributed by atoms with E-state index in [0.29, 0.717) is 11.1 Å². The molecule has 224 valence electrons. The molecule has 4 rings (SSSR count). The second kappa shape index (κ2) is 14.7. The number of phenols is 1. The van der Waals surface area contributed by atoms with E-state index >= 15 is 0 Å². The topological polar surface area (TPSA) is 203 Å². The summed E-state index contributed by atoms with van der Waals surface area (Å²) >= 11 is -2.07. The molecule has 0 heterocycles. The van der Waals surface area contributed by atoms with Gasteiger partial charge in [0.1, 0.15) is 30.5 Å². The molecule has 14 nitrogen and oxygen atoms in total. The zero-order valence-corrected chi connectivity index (χ0v) is 22.7. The van der Waals surface area contributed by atoms with E-state index in [4.69, 9.17) is 29.8 Å². The Labute approximate surface area is 245 Å². The van der Waals surface area contributed by atoms with E-state index in [2.05, 4.69) is 14.8 Å². The number of hydrogen-bond acceptors (Lipinski definition) is 13. The molecule has 1 unspecified atom stereocenters. The number of nitrogens with two attached hydrogens (primary N) is 1. The maximum absolute atomic E-state index is 12.9.